The lowest BCUT2D eigenvalue weighted by Crippen LogP contribution is -2.38. The van der Waals surface area contributed by atoms with E-state index in [0.717, 1.165) is 0 Å². The van der Waals surface area contributed by atoms with Gasteiger partial charge in [-0.1, -0.05) is 18.2 Å². The van der Waals surface area contributed by atoms with Crippen molar-refractivity contribution in [2.24, 2.45) is 0 Å². The fourth-order valence-corrected chi connectivity index (χ4v) is 1.61. The van der Waals surface area contributed by atoms with Gasteiger partial charge in [-0.25, -0.2) is 4.79 Å². The molecule has 1 aromatic rings. The lowest BCUT2D eigenvalue weighted by atomic mass is 10.2. The van der Waals surface area contributed by atoms with E-state index in [2.05, 4.69) is 0 Å². The first kappa shape index (κ1) is 16.6. The highest BCUT2D eigenvalue weighted by Gasteiger charge is 2.27. The third-order valence-corrected chi connectivity index (χ3v) is 2.45. The smallest absolute Gasteiger partial charge is 0.340 e. The zero-order valence-corrected chi connectivity index (χ0v) is 12.2. The molecule has 112 valence electrons. The second-order valence-corrected chi connectivity index (χ2v) is 3.87. The highest BCUT2D eigenvalue weighted by Crippen LogP contribution is 2.12. The van der Waals surface area contributed by atoms with Gasteiger partial charge in [0, 0.05) is 19.8 Å². The fraction of sp³-hybridized carbons (Fsp3) is 0.533. The van der Waals surface area contributed by atoms with E-state index in [1.807, 2.05) is 26.8 Å². The molecule has 0 aromatic heterocycles. The molecule has 0 radical (unpaired) electrons. The van der Waals surface area contributed by atoms with E-state index in [4.69, 9.17) is 18.9 Å². The number of rotatable bonds is 9. The Morgan fingerprint density at radius 1 is 0.900 bits per heavy atom. The maximum absolute atomic E-state index is 12.0. The summed E-state index contributed by atoms with van der Waals surface area (Å²) in [6.07, 6.45) is -1.61. The number of carbonyl (C=O) groups excluding carboxylic acids is 1. The summed E-state index contributed by atoms with van der Waals surface area (Å²) < 4.78 is 21.6. The van der Waals surface area contributed by atoms with Crippen molar-refractivity contribution in [3.63, 3.8) is 0 Å². The van der Waals surface area contributed by atoms with Crippen molar-refractivity contribution in [3.8, 4) is 0 Å². The molecular weight excluding hydrogens is 260 g/mol. The average Bonchev–Trinajstić information content (AvgIpc) is 2.47. The van der Waals surface area contributed by atoms with Crippen LogP contribution in [0.15, 0.2) is 30.3 Å². The Bertz CT molecular complexity index is 373. The van der Waals surface area contributed by atoms with Crippen LogP contribution < -0.4 is 0 Å². The Balaban J connectivity index is 2.72. The van der Waals surface area contributed by atoms with Crippen LogP contribution in [0.1, 0.15) is 31.1 Å². The van der Waals surface area contributed by atoms with Crippen molar-refractivity contribution in [2.75, 3.05) is 19.8 Å². The first-order valence-electron chi connectivity index (χ1n) is 6.83. The van der Waals surface area contributed by atoms with E-state index in [0.29, 0.717) is 25.4 Å². The van der Waals surface area contributed by atoms with Crippen molar-refractivity contribution >= 4 is 5.97 Å². The van der Waals surface area contributed by atoms with Crippen LogP contribution >= 0.6 is 0 Å². The van der Waals surface area contributed by atoms with E-state index in [9.17, 15) is 4.79 Å². The average molecular weight is 282 g/mol. The standard InChI is InChI=1S/C15H22O5/c1-4-17-14(18-5-2)15(19-6-3)20-13(16)12-10-8-7-9-11-12/h7-11,14-15H,4-6H2,1-3H3. The van der Waals surface area contributed by atoms with Crippen molar-refractivity contribution < 1.29 is 23.7 Å². The van der Waals surface area contributed by atoms with Crippen LogP contribution in [-0.2, 0) is 18.9 Å². The van der Waals surface area contributed by atoms with Crippen molar-refractivity contribution in [3.05, 3.63) is 35.9 Å². The molecule has 0 amide bonds. The summed E-state index contributed by atoms with van der Waals surface area (Å²) in [5.74, 6) is -0.464. The molecule has 5 nitrogen and oxygen atoms in total. The predicted molar refractivity (Wildman–Crippen MR) is 74.3 cm³/mol. The first-order chi connectivity index (χ1) is 9.72. The molecule has 1 aromatic carbocycles. The van der Waals surface area contributed by atoms with Crippen LogP contribution in [0.2, 0.25) is 0 Å². The second-order valence-electron chi connectivity index (χ2n) is 3.87. The predicted octanol–water partition coefficient (Wildman–Crippen LogP) is 2.61. The lowest BCUT2D eigenvalue weighted by molar-refractivity contribution is -0.265. The zero-order chi connectivity index (χ0) is 14.8. The van der Waals surface area contributed by atoms with E-state index < -0.39 is 18.5 Å². The van der Waals surface area contributed by atoms with E-state index in [1.54, 1.807) is 24.3 Å². The van der Waals surface area contributed by atoms with Crippen molar-refractivity contribution in [1.29, 1.82) is 0 Å². The maximum atomic E-state index is 12.0. The third kappa shape index (κ3) is 5.28. The molecule has 0 fully saturated rings. The number of benzene rings is 1. The number of ether oxygens (including phenoxy) is 4. The molecule has 0 aliphatic carbocycles. The molecule has 0 spiro atoms. The minimum absolute atomic E-state index is 0.392. The van der Waals surface area contributed by atoms with Gasteiger partial charge >= 0.3 is 5.97 Å². The first-order valence-corrected chi connectivity index (χ1v) is 6.83. The topological polar surface area (TPSA) is 54.0 Å². The minimum atomic E-state index is -0.882. The van der Waals surface area contributed by atoms with Crippen LogP contribution in [0.5, 0.6) is 0 Å². The molecule has 0 N–H and O–H groups in total. The monoisotopic (exact) mass is 282 g/mol. The molecule has 1 rings (SSSR count). The molecule has 0 saturated carbocycles. The van der Waals surface area contributed by atoms with Crippen LogP contribution in [0.25, 0.3) is 0 Å². The van der Waals surface area contributed by atoms with Gasteiger partial charge in [0.15, 0.2) is 0 Å². The van der Waals surface area contributed by atoms with Gasteiger partial charge < -0.3 is 18.9 Å². The Morgan fingerprint density at radius 3 is 1.90 bits per heavy atom. The highest BCUT2D eigenvalue weighted by atomic mass is 16.8. The maximum Gasteiger partial charge on any atom is 0.340 e. The molecule has 0 saturated heterocycles. The third-order valence-electron chi connectivity index (χ3n) is 2.45. The summed E-state index contributed by atoms with van der Waals surface area (Å²) in [6, 6.07) is 8.74. The molecule has 1 atom stereocenters. The fourth-order valence-electron chi connectivity index (χ4n) is 1.61. The molecule has 0 aliphatic heterocycles. The van der Waals surface area contributed by atoms with Gasteiger partial charge in [-0.2, -0.15) is 0 Å². The summed E-state index contributed by atoms with van der Waals surface area (Å²) in [6.45, 7) is 6.78. The summed E-state index contributed by atoms with van der Waals surface area (Å²) in [7, 11) is 0. The van der Waals surface area contributed by atoms with Crippen molar-refractivity contribution in [1.82, 2.24) is 0 Å². The summed E-state index contributed by atoms with van der Waals surface area (Å²) >= 11 is 0. The van der Waals surface area contributed by atoms with Crippen LogP contribution in [0.4, 0.5) is 0 Å². The lowest BCUT2D eigenvalue weighted by Gasteiger charge is -2.26. The molecule has 20 heavy (non-hydrogen) atoms. The number of hydrogen-bond donors (Lipinski definition) is 0. The molecule has 5 heteroatoms. The van der Waals surface area contributed by atoms with Gasteiger partial charge in [0.05, 0.1) is 5.56 Å². The van der Waals surface area contributed by atoms with E-state index in [1.165, 1.54) is 0 Å². The summed E-state index contributed by atoms with van der Waals surface area (Å²) in [5.41, 5.74) is 0.462. The molecular formula is C15H22O5. The molecule has 0 bridgehead atoms. The summed E-state index contributed by atoms with van der Waals surface area (Å²) in [5, 5.41) is 0. The number of hydrogen-bond acceptors (Lipinski definition) is 5. The van der Waals surface area contributed by atoms with Crippen molar-refractivity contribution in [2.45, 2.75) is 33.4 Å². The Hall–Kier alpha value is -1.43. The van der Waals surface area contributed by atoms with Crippen LogP contribution in [-0.4, -0.2) is 38.4 Å². The number of carbonyl (C=O) groups is 1. The molecule has 0 aliphatic rings. The minimum Gasteiger partial charge on any atom is -0.426 e. The Kier molecular flexibility index (Phi) is 7.87. The zero-order valence-electron chi connectivity index (χ0n) is 12.2. The largest absolute Gasteiger partial charge is 0.426 e. The Morgan fingerprint density at radius 2 is 1.40 bits per heavy atom. The van der Waals surface area contributed by atoms with Gasteiger partial charge in [0.1, 0.15) is 0 Å². The molecule has 0 heterocycles. The van der Waals surface area contributed by atoms with Gasteiger partial charge in [0.25, 0.3) is 6.29 Å². The van der Waals surface area contributed by atoms with E-state index >= 15 is 0 Å². The van der Waals surface area contributed by atoms with Gasteiger partial charge in [-0.05, 0) is 32.9 Å². The highest BCUT2D eigenvalue weighted by molar-refractivity contribution is 5.89. The number of esters is 1. The van der Waals surface area contributed by atoms with Crippen LogP contribution in [0, 0.1) is 0 Å². The van der Waals surface area contributed by atoms with Gasteiger partial charge in [-0.15, -0.1) is 0 Å². The van der Waals surface area contributed by atoms with Crippen LogP contribution in [0.3, 0.4) is 0 Å². The summed E-state index contributed by atoms with van der Waals surface area (Å²) in [4.78, 5) is 12.0. The SMILES string of the molecule is CCOC(OCC)C(OCC)OC(=O)c1ccccc1. The van der Waals surface area contributed by atoms with Gasteiger partial charge in [-0.3, -0.25) is 0 Å². The Labute approximate surface area is 119 Å². The quantitative estimate of drug-likeness (QED) is 0.515. The normalized spacial score (nSPS) is 12.4. The van der Waals surface area contributed by atoms with Gasteiger partial charge in [0.2, 0.25) is 6.29 Å². The van der Waals surface area contributed by atoms with E-state index in [-0.39, 0.29) is 0 Å². The molecule has 1 unspecified atom stereocenters. The second kappa shape index (κ2) is 9.47.